The van der Waals surface area contributed by atoms with Crippen molar-refractivity contribution in [3.63, 3.8) is 0 Å². The van der Waals surface area contributed by atoms with Crippen LogP contribution in [0.5, 0.6) is 0 Å². The van der Waals surface area contributed by atoms with Gasteiger partial charge < -0.3 is 13.7 Å². The van der Waals surface area contributed by atoms with E-state index in [-0.39, 0.29) is 0 Å². The molecule has 3 heteroatoms. The molecule has 210 valence electrons. The van der Waals surface area contributed by atoms with Crippen LogP contribution in [0.15, 0.2) is 164 Å². The third kappa shape index (κ3) is 3.41. The number of fused-ring (bicyclic) bond motifs is 10. The molecule has 0 spiro atoms. The first kappa shape index (κ1) is 24.4. The van der Waals surface area contributed by atoms with Gasteiger partial charge in [-0.1, -0.05) is 91.0 Å². The van der Waals surface area contributed by atoms with E-state index in [4.69, 9.17) is 0 Å². The van der Waals surface area contributed by atoms with Gasteiger partial charge in [-0.25, -0.2) is 0 Å². The molecule has 0 amide bonds. The number of benzene rings is 7. The summed E-state index contributed by atoms with van der Waals surface area (Å²) in [6.45, 7) is 0. The van der Waals surface area contributed by atoms with Gasteiger partial charge in [0.15, 0.2) is 0 Å². The molecule has 0 unspecified atom stereocenters. The molecule has 0 aliphatic rings. The molecule has 0 aliphatic heterocycles. The van der Waals surface area contributed by atoms with E-state index in [2.05, 4.69) is 178 Å². The second kappa shape index (κ2) is 9.22. The first-order chi connectivity index (χ1) is 22.3. The maximum atomic E-state index is 2.39. The van der Waals surface area contributed by atoms with E-state index < -0.39 is 0 Å². The van der Waals surface area contributed by atoms with Crippen molar-refractivity contribution in [3.8, 4) is 17.1 Å². The Bertz CT molecular complexity index is 2690. The van der Waals surface area contributed by atoms with Gasteiger partial charge in [0.05, 0.1) is 27.6 Å². The highest BCUT2D eigenvalue weighted by atomic mass is 15.0. The predicted molar refractivity (Wildman–Crippen MR) is 189 cm³/mol. The quantitative estimate of drug-likeness (QED) is 0.200. The fraction of sp³-hybridized carbons (Fsp3) is 0. The molecule has 0 radical (unpaired) electrons. The monoisotopic (exact) mass is 573 g/mol. The highest BCUT2D eigenvalue weighted by Gasteiger charge is 2.17. The zero-order valence-electron chi connectivity index (χ0n) is 24.4. The number of hydrogen-bond acceptors (Lipinski definition) is 0. The fourth-order valence-corrected chi connectivity index (χ4v) is 7.54. The van der Waals surface area contributed by atoms with Crippen molar-refractivity contribution in [2.24, 2.45) is 0 Å². The van der Waals surface area contributed by atoms with Gasteiger partial charge >= 0.3 is 0 Å². The topological polar surface area (TPSA) is 14.8 Å². The van der Waals surface area contributed by atoms with Crippen LogP contribution in [0.4, 0.5) is 0 Å². The molecule has 0 atom stereocenters. The summed E-state index contributed by atoms with van der Waals surface area (Å²) in [6.07, 6.45) is 2.21. The Balaban J connectivity index is 1.18. The summed E-state index contributed by atoms with van der Waals surface area (Å²) in [6, 6.07) is 57.2. The van der Waals surface area contributed by atoms with Crippen LogP contribution in [0.3, 0.4) is 0 Å². The molecule has 3 aromatic heterocycles. The van der Waals surface area contributed by atoms with E-state index in [1.54, 1.807) is 0 Å². The number of hydrogen-bond donors (Lipinski definition) is 0. The molecule has 0 aliphatic carbocycles. The van der Waals surface area contributed by atoms with Gasteiger partial charge in [0.2, 0.25) is 0 Å². The normalized spacial score (nSPS) is 12.0. The third-order valence-corrected chi connectivity index (χ3v) is 9.46. The maximum absolute atomic E-state index is 2.39. The van der Waals surface area contributed by atoms with Crippen molar-refractivity contribution in [2.45, 2.75) is 0 Å². The van der Waals surface area contributed by atoms with E-state index in [0.717, 1.165) is 11.4 Å². The second-order valence-corrected chi connectivity index (χ2v) is 11.8. The number of para-hydroxylation sites is 4. The summed E-state index contributed by atoms with van der Waals surface area (Å²) < 4.78 is 7.10. The van der Waals surface area contributed by atoms with E-state index >= 15 is 0 Å². The highest BCUT2D eigenvalue weighted by molar-refractivity contribution is 6.25. The van der Waals surface area contributed by atoms with E-state index in [1.165, 1.54) is 71.0 Å². The van der Waals surface area contributed by atoms with Gasteiger partial charge in [0.1, 0.15) is 0 Å². The standard InChI is InChI=1S/C42H27N3/c1-2-10-30(11-3-1)45-39-17-9-6-14-36(39)41-34-23-18-28-26-27-43(42(28)35(34)24-25-40(41)45)29-19-21-31(22-20-29)44-37-15-7-4-12-32(37)33-13-5-8-16-38(33)44/h1-27H. The lowest BCUT2D eigenvalue weighted by Gasteiger charge is -2.12. The maximum Gasteiger partial charge on any atom is 0.0607 e. The van der Waals surface area contributed by atoms with Crippen LogP contribution < -0.4 is 0 Å². The van der Waals surface area contributed by atoms with Gasteiger partial charge in [-0.05, 0) is 72.1 Å². The summed E-state index contributed by atoms with van der Waals surface area (Å²) in [5.41, 5.74) is 9.61. The van der Waals surface area contributed by atoms with Crippen LogP contribution in [0.2, 0.25) is 0 Å². The van der Waals surface area contributed by atoms with Crippen LogP contribution >= 0.6 is 0 Å². The van der Waals surface area contributed by atoms with E-state index in [1.807, 2.05) is 0 Å². The Hall–Kier alpha value is -6.06. The van der Waals surface area contributed by atoms with Gasteiger partial charge in [0, 0.05) is 55.6 Å². The Morgan fingerprint density at radius 2 is 0.844 bits per heavy atom. The molecule has 0 fully saturated rings. The van der Waals surface area contributed by atoms with E-state index in [9.17, 15) is 0 Å². The summed E-state index contributed by atoms with van der Waals surface area (Å²) in [4.78, 5) is 0. The van der Waals surface area contributed by atoms with Crippen LogP contribution in [0, 0.1) is 0 Å². The predicted octanol–water partition coefficient (Wildman–Crippen LogP) is 11.0. The summed E-state index contributed by atoms with van der Waals surface area (Å²) in [7, 11) is 0. The summed E-state index contributed by atoms with van der Waals surface area (Å²) >= 11 is 0. The smallest absolute Gasteiger partial charge is 0.0607 e. The van der Waals surface area contributed by atoms with E-state index in [0.29, 0.717) is 0 Å². The molecule has 0 N–H and O–H groups in total. The fourth-order valence-electron chi connectivity index (χ4n) is 7.54. The molecule has 0 saturated carbocycles. The zero-order chi connectivity index (χ0) is 29.5. The van der Waals surface area contributed by atoms with Crippen molar-refractivity contribution < 1.29 is 0 Å². The molecule has 10 rings (SSSR count). The van der Waals surface area contributed by atoms with Crippen molar-refractivity contribution >= 4 is 65.3 Å². The second-order valence-electron chi connectivity index (χ2n) is 11.8. The average molecular weight is 574 g/mol. The van der Waals surface area contributed by atoms with Crippen LogP contribution in [0.25, 0.3) is 82.3 Å². The Labute approximate surface area is 259 Å². The molecular formula is C42H27N3. The lowest BCUT2D eigenvalue weighted by molar-refractivity contribution is 1.12. The van der Waals surface area contributed by atoms with Gasteiger partial charge in [0.25, 0.3) is 0 Å². The average Bonchev–Trinajstić information content (AvgIpc) is 3.79. The third-order valence-electron chi connectivity index (χ3n) is 9.46. The minimum Gasteiger partial charge on any atom is -0.316 e. The van der Waals surface area contributed by atoms with Crippen molar-refractivity contribution in [1.82, 2.24) is 13.7 Å². The first-order valence-corrected chi connectivity index (χ1v) is 15.5. The first-order valence-electron chi connectivity index (χ1n) is 15.5. The number of nitrogens with zero attached hydrogens (tertiary/aromatic N) is 3. The van der Waals surface area contributed by atoms with Crippen LogP contribution in [-0.4, -0.2) is 13.7 Å². The largest absolute Gasteiger partial charge is 0.316 e. The Kier molecular flexibility index (Phi) is 5.00. The van der Waals surface area contributed by atoms with Gasteiger partial charge in [-0.2, -0.15) is 0 Å². The van der Waals surface area contributed by atoms with Gasteiger partial charge in [-0.3, -0.25) is 0 Å². The molecule has 3 heterocycles. The van der Waals surface area contributed by atoms with Crippen molar-refractivity contribution in [1.29, 1.82) is 0 Å². The van der Waals surface area contributed by atoms with Crippen molar-refractivity contribution in [2.75, 3.05) is 0 Å². The molecule has 0 saturated heterocycles. The SMILES string of the molecule is c1ccc(-n2c3ccccc3c3c4ccc5ccn(-c6ccc(-n7c8ccccc8c8ccccc87)cc6)c5c4ccc32)cc1. The van der Waals surface area contributed by atoms with Gasteiger partial charge in [-0.15, -0.1) is 0 Å². The molecule has 10 aromatic rings. The zero-order valence-corrected chi connectivity index (χ0v) is 24.4. The Morgan fingerprint density at radius 3 is 1.56 bits per heavy atom. The lowest BCUT2D eigenvalue weighted by Crippen LogP contribution is -1.97. The van der Waals surface area contributed by atoms with Crippen LogP contribution in [0.1, 0.15) is 0 Å². The Morgan fingerprint density at radius 1 is 0.311 bits per heavy atom. The molecule has 3 nitrogen and oxygen atoms in total. The molecular weight excluding hydrogens is 546 g/mol. The summed E-state index contributed by atoms with van der Waals surface area (Å²) in [5.74, 6) is 0. The number of rotatable bonds is 3. The minimum absolute atomic E-state index is 1.15. The highest BCUT2D eigenvalue weighted by Crippen LogP contribution is 2.40. The molecule has 45 heavy (non-hydrogen) atoms. The van der Waals surface area contributed by atoms with Crippen molar-refractivity contribution in [3.05, 3.63) is 164 Å². The molecule has 7 aromatic carbocycles. The summed E-state index contributed by atoms with van der Waals surface area (Å²) in [5, 5.41) is 8.89. The lowest BCUT2D eigenvalue weighted by atomic mass is 10.0. The number of aromatic nitrogens is 3. The van der Waals surface area contributed by atoms with Crippen LogP contribution in [-0.2, 0) is 0 Å². The molecule has 0 bridgehead atoms. The minimum atomic E-state index is 1.15.